The zero-order chi connectivity index (χ0) is 13.4. The Morgan fingerprint density at radius 3 is 2.35 bits per heavy atom. The van der Waals surface area contributed by atoms with Gasteiger partial charge in [-0.2, -0.15) is 0 Å². The molecule has 0 rings (SSSR count). The van der Waals surface area contributed by atoms with Gasteiger partial charge >= 0.3 is 12.0 Å². The van der Waals surface area contributed by atoms with Gasteiger partial charge in [0.15, 0.2) is 0 Å². The molecule has 2 unspecified atom stereocenters. The normalized spacial score (nSPS) is 15.5. The average molecular weight is 242 g/mol. The van der Waals surface area contributed by atoms with E-state index < -0.39 is 18.0 Å². The van der Waals surface area contributed by atoms with Crippen molar-refractivity contribution in [3.63, 3.8) is 0 Å². The van der Waals surface area contributed by atoms with Crippen molar-refractivity contribution >= 4 is 12.0 Å². The van der Waals surface area contributed by atoms with E-state index in [1.807, 2.05) is 13.8 Å². The van der Waals surface area contributed by atoms with Crippen LogP contribution in [0.4, 0.5) is 4.79 Å². The third-order valence-electron chi connectivity index (χ3n) is 2.66. The first kappa shape index (κ1) is 15.5. The SMILES string of the molecule is C=CCC(C)NC(=O)N[C@H](C(=O)O)C(C)CC. The molecule has 3 N–H and O–H groups in total. The van der Waals surface area contributed by atoms with E-state index in [9.17, 15) is 9.59 Å². The Labute approximate surface area is 102 Å². The van der Waals surface area contributed by atoms with Crippen LogP contribution in [0.2, 0.25) is 0 Å². The van der Waals surface area contributed by atoms with Gasteiger partial charge in [0.05, 0.1) is 0 Å². The summed E-state index contributed by atoms with van der Waals surface area (Å²) in [6.45, 7) is 9.09. The topological polar surface area (TPSA) is 78.4 Å². The number of carbonyl (C=O) groups is 2. The number of hydrogen-bond acceptors (Lipinski definition) is 2. The molecular weight excluding hydrogens is 220 g/mol. The van der Waals surface area contributed by atoms with Crippen LogP contribution in [0.25, 0.3) is 0 Å². The van der Waals surface area contributed by atoms with Crippen molar-refractivity contribution < 1.29 is 14.7 Å². The summed E-state index contributed by atoms with van der Waals surface area (Å²) in [4.78, 5) is 22.5. The minimum atomic E-state index is -1.01. The number of nitrogens with one attached hydrogen (secondary N) is 2. The molecule has 0 saturated heterocycles. The molecule has 0 aromatic rings. The van der Waals surface area contributed by atoms with Crippen LogP contribution >= 0.6 is 0 Å². The molecule has 5 nitrogen and oxygen atoms in total. The highest BCUT2D eigenvalue weighted by atomic mass is 16.4. The molecule has 0 saturated carbocycles. The van der Waals surface area contributed by atoms with E-state index in [2.05, 4.69) is 17.2 Å². The van der Waals surface area contributed by atoms with Gasteiger partial charge in [-0.25, -0.2) is 9.59 Å². The summed E-state index contributed by atoms with van der Waals surface area (Å²) in [7, 11) is 0. The van der Waals surface area contributed by atoms with E-state index >= 15 is 0 Å². The van der Waals surface area contributed by atoms with Crippen LogP contribution in [-0.4, -0.2) is 29.2 Å². The molecule has 0 spiro atoms. The molecule has 5 heteroatoms. The van der Waals surface area contributed by atoms with Crippen LogP contribution in [-0.2, 0) is 4.79 Å². The molecule has 17 heavy (non-hydrogen) atoms. The van der Waals surface area contributed by atoms with Crippen molar-refractivity contribution in [3.05, 3.63) is 12.7 Å². The van der Waals surface area contributed by atoms with Crippen molar-refractivity contribution in [2.45, 2.75) is 45.7 Å². The number of carboxylic acid groups (broad SMARTS) is 1. The maximum atomic E-state index is 11.5. The summed E-state index contributed by atoms with van der Waals surface area (Å²) in [5, 5.41) is 14.1. The van der Waals surface area contributed by atoms with Crippen molar-refractivity contribution in [1.82, 2.24) is 10.6 Å². The first-order valence-corrected chi connectivity index (χ1v) is 5.83. The lowest BCUT2D eigenvalue weighted by Gasteiger charge is -2.21. The number of carbonyl (C=O) groups excluding carboxylic acids is 1. The highest BCUT2D eigenvalue weighted by molar-refractivity contribution is 5.82. The Bertz CT molecular complexity index is 279. The summed E-state index contributed by atoms with van der Waals surface area (Å²) < 4.78 is 0. The molecule has 0 radical (unpaired) electrons. The van der Waals surface area contributed by atoms with E-state index in [0.29, 0.717) is 12.8 Å². The van der Waals surface area contributed by atoms with Gasteiger partial charge < -0.3 is 15.7 Å². The zero-order valence-electron chi connectivity index (χ0n) is 10.7. The molecule has 0 aliphatic carbocycles. The summed E-state index contributed by atoms with van der Waals surface area (Å²) >= 11 is 0. The Hall–Kier alpha value is -1.52. The minimum absolute atomic E-state index is 0.0566. The second-order valence-electron chi connectivity index (χ2n) is 4.24. The standard InChI is InChI=1S/C12H22N2O3/c1-5-7-9(4)13-12(17)14-10(11(15)16)8(3)6-2/h5,8-10H,1,6-7H2,2-4H3,(H,15,16)(H2,13,14,17)/t8?,9?,10-/m0/s1. The van der Waals surface area contributed by atoms with Crippen molar-refractivity contribution in [2.75, 3.05) is 0 Å². The van der Waals surface area contributed by atoms with Crippen LogP contribution in [0.3, 0.4) is 0 Å². The fraction of sp³-hybridized carbons (Fsp3) is 0.667. The lowest BCUT2D eigenvalue weighted by Crippen LogP contribution is -2.50. The molecular formula is C12H22N2O3. The van der Waals surface area contributed by atoms with Crippen LogP contribution in [0.1, 0.15) is 33.6 Å². The molecule has 3 atom stereocenters. The molecule has 0 aromatic heterocycles. The average Bonchev–Trinajstić information content (AvgIpc) is 2.24. The van der Waals surface area contributed by atoms with Crippen LogP contribution < -0.4 is 10.6 Å². The minimum Gasteiger partial charge on any atom is -0.480 e. The third kappa shape index (κ3) is 5.94. The lowest BCUT2D eigenvalue weighted by atomic mass is 9.99. The molecule has 0 aliphatic heterocycles. The van der Waals surface area contributed by atoms with Crippen molar-refractivity contribution in [1.29, 1.82) is 0 Å². The molecule has 0 fully saturated rings. The largest absolute Gasteiger partial charge is 0.480 e. The van der Waals surface area contributed by atoms with E-state index in [1.165, 1.54) is 0 Å². The summed E-state index contributed by atoms with van der Waals surface area (Å²) in [5.41, 5.74) is 0. The smallest absolute Gasteiger partial charge is 0.326 e. The predicted octanol–water partition coefficient (Wildman–Crippen LogP) is 1.75. The van der Waals surface area contributed by atoms with Gasteiger partial charge in [-0.15, -0.1) is 6.58 Å². The maximum absolute atomic E-state index is 11.5. The van der Waals surface area contributed by atoms with E-state index in [1.54, 1.807) is 13.0 Å². The van der Waals surface area contributed by atoms with E-state index in [4.69, 9.17) is 5.11 Å². The van der Waals surface area contributed by atoms with Crippen molar-refractivity contribution in [2.24, 2.45) is 5.92 Å². The second-order valence-corrected chi connectivity index (χ2v) is 4.24. The zero-order valence-corrected chi connectivity index (χ0v) is 10.7. The van der Waals surface area contributed by atoms with Crippen molar-refractivity contribution in [3.8, 4) is 0 Å². The van der Waals surface area contributed by atoms with E-state index in [-0.39, 0.29) is 12.0 Å². The first-order chi connectivity index (χ1) is 7.92. The Morgan fingerprint density at radius 2 is 1.94 bits per heavy atom. The van der Waals surface area contributed by atoms with Gasteiger partial charge in [-0.1, -0.05) is 26.3 Å². The number of carboxylic acids is 1. The second kappa shape index (κ2) is 7.70. The third-order valence-corrected chi connectivity index (χ3v) is 2.66. The fourth-order valence-electron chi connectivity index (χ4n) is 1.40. The van der Waals surface area contributed by atoms with Crippen LogP contribution in [0.5, 0.6) is 0 Å². The Morgan fingerprint density at radius 1 is 1.35 bits per heavy atom. The number of hydrogen-bond donors (Lipinski definition) is 3. The van der Waals surface area contributed by atoms with Crippen LogP contribution in [0, 0.1) is 5.92 Å². The van der Waals surface area contributed by atoms with Gasteiger partial charge in [0.25, 0.3) is 0 Å². The summed E-state index contributed by atoms with van der Waals surface area (Å²) in [6.07, 6.45) is 3.04. The monoisotopic (exact) mass is 242 g/mol. The highest BCUT2D eigenvalue weighted by Gasteiger charge is 2.25. The molecule has 0 aromatic carbocycles. The van der Waals surface area contributed by atoms with Gasteiger partial charge in [-0.05, 0) is 19.3 Å². The van der Waals surface area contributed by atoms with Gasteiger partial charge in [0, 0.05) is 6.04 Å². The Kier molecular flexibility index (Phi) is 7.02. The van der Waals surface area contributed by atoms with Crippen LogP contribution in [0.15, 0.2) is 12.7 Å². The maximum Gasteiger partial charge on any atom is 0.326 e. The molecule has 2 amide bonds. The summed E-state index contributed by atoms with van der Waals surface area (Å²) in [6, 6.07) is -1.36. The quantitative estimate of drug-likeness (QED) is 0.595. The number of rotatable bonds is 7. The number of aliphatic carboxylic acids is 1. The molecule has 98 valence electrons. The highest BCUT2D eigenvalue weighted by Crippen LogP contribution is 2.07. The number of amides is 2. The summed E-state index contributed by atoms with van der Waals surface area (Å²) in [5.74, 6) is -1.11. The van der Waals surface area contributed by atoms with Gasteiger partial charge in [0.1, 0.15) is 6.04 Å². The molecule has 0 aliphatic rings. The molecule has 0 heterocycles. The Balaban J connectivity index is 4.31. The fourth-order valence-corrected chi connectivity index (χ4v) is 1.40. The first-order valence-electron chi connectivity index (χ1n) is 5.83. The van der Waals surface area contributed by atoms with Gasteiger partial charge in [0.2, 0.25) is 0 Å². The van der Waals surface area contributed by atoms with Gasteiger partial charge in [-0.3, -0.25) is 0 Å². The molecule has 0 bridgehead atoms. The van der Waals surface area contributed by atoms with E-state index in [0.717, 1.165) is 0 Å². The number of urea groups is 1. The lowest BCUT2D eigenvalue weighted by molar-refractivity contribution is -0.140. The predicted molar refractivity (Wildman–Crippen MR) is 66.8 cm³/mol.